The van der Waals surface area contributed by atoms with Gasteiger partial charge in [-0.15, -0.1) is 0 Å². The summed E-state index contributed by atoms with van der Waals surface area (Å²) in [6.07, 6.45) is 3.45. The monoisotopic (exact) mass is 325 g/mol. The summed E-state index contributed by atoms with van der Waals surface area (Å²) >= 11 is 3.29. The average molecular weight is 326 g/mol. The van der Waals surface area contributed by atoms with Gasteiger partial charge in [0.15, 0.2) is 0 Å². The maximum absolute atomic E-state index is 12.4. The number of carbonyl (C=O) groups is 2. The molecule has 6 heteroatoms. The molecule has 1 aliphatic heterocycles. The van der Waals surface area contributed by atoms with E-state index in [1.807, 2.05) is 0 Å². The highest BCUT2D eigenvalue weighted by molar-refractivity contribution is 9.10. The summed E-state index contributed by atoms with van der Waals surface area (Å²) in [4.78, 5) is 29.3. The zero-order valence-electron chi connectivity index (χ0n) is 10.7. The number of hydrogen-bond donors (Lipinski definition) is 1. The van der Waals surface area contributed by atoms with Gasteiger partial charge in [-0.2, -0.15) is 0 Å². The number of rotatable bonds is 2. The van der Waals surface area contributed by atoms with Crippen molar-refractivity contribution in [2.75, 3.05) is 13.1 Å². The number of carbonyl (C=O) groups excluding carboxylic acids is 2. The molecule has 0 radical (unpaired) electrons. The first kappa shape index (κ1) is 14.0. The molecule has 1 saturated heterocycles. The highest BCUT2D eigenvalue weighted by atomic mass is 79.9. The van der Waals surface area contributed by atoms with Gasteiger partial charge in [0.25, 0.3) is 5.91 Å². The molecule has 0 saturated carbocycles. The van der Waals surface area contributed by atoms with Crippen LogP contribution >= 0.6 is 15.9 Å². The van der Waals surface area contributed by atoms with Crippen LogP contribution in [-0.4, -0.2) is 40.8 Å². The lowest BCUT2D eigenvalue weighted by Gasteiger charge is -2.33. The summed E-state index contributed by atoms with van der Waals surface area (Å²) in [5.41, 5.74) is 0.561. The summed E-state index contributed by atoms with van der Waals surface area (Å²) in [5, 5.41) is 2.87. The zero-order chi connectivity index (χ0) is 13.8. The molecular formula is C13H16BrN3O2. The summed E-state index contributed by atoms with van der Waals surface area (Å²) in [7, 11) is 0. The third kappa shape index (κ3) is 3.53. The van der Waals surface area contributed by atoms with Crippen LogP contribution in [0.1, 0.15) is 30.1 Å². The van der Waals surface area contributed by atoms with Crippen molar-refractivity contribution >= 4 is 27.7 Å². The third-order valence-corrected chi connectivity index (χ3v) is 3.74. The van der Waals surface area contributed by atoms with Crippen LogP contribution < -0.4 is 5.32 Å². The topological polar surface area (TPSA) is 62.3 Å². The number of nitrogens with zero attached hydrogens (tertiary/aromatic N) is 2. The van der Waals surface area contributed by atoms with Crippen molar-refractivity contribution in [2.45, 2.75) is 25.8 Å². The van der Waals surface area contributed by atoms with E-state index >= 15 is 0 Å². The van der Waals surface area contributed by atoms with E-state index in [0.29, 0.717) is 16.7 Å². The third-order valence-electron chi connectivity index (χ3n) is 3.11. The molecule has 0 bridgehead atoms. The van der Waals surface area contributed by atoms with Gasteiger partial charge >= 0.3 is 0 Å². The second-order valence-electron chi connectivity index (χ2n) is 4.63. The molecule has 0 spiro atoms. The number of piperidine rings is 1. The van der Waals surface area contributed by atoms with Crippen molar-refractivity contribution in [3.05, 3.63) is 28.5 Å². The number of likely N-dealkylation sites (tertiary alicyclic amines) is 1. The van der Waals surface area contributed by atoms with E-state index < -0.39 is 0 Å². The first-order valence-corrected chi connectivity index (χ1v) is 7.04. The van der Waals surface area contributed by atoms with Gasteiger partial charge in [-0.25, -0.2) is 4.98 Å². The molecule has 2 rings (SSSR count). The molecule has 2 amide bonds. The number of amides is 2. The van der Waals surface area contributed by atoms with E-state index in [1.54, 1.807) is 23.2 Å². The van der Waals surface area contributed by atoms with Gasteiger partial charge in [-0.05, 0) is 40.9 Å². The largest absolute Gasteiger partial charge is 0.352 e. The van der Waals surface area contributed by atoms with Crippen molar-refractivity contribution in [3.8, 4) is 0 Å². The van der Waals surface area contributed by atoms with Crippen LogP contribution in [0.15, 0.2) is 22.9 Å². The Kier molecular flexibility index (Phi) is 4.52. The fourth-order valence-corrected chi connectivity index (χ4v) is 2.70. The molecule has 1 aliphatic rings. The number of nitrogens with one attached hydrogen (secondary N) is 1. The lowest BCUT2D eigenvalue weighted by Crippen LogP contribution is -2.49. The van der Waals surface area contributed by atoms with Crippen LogP contribution in [0.4, 0.5) is 0 Å². The minimum absolute atomic E-state index is 0.0463. The van der Waals surface area contributed by atoms with Crippen LogP contribution in [0.25, 0.3) is 0 Å². The molecule has 1 fully saturated rings. The second-order valence-corrected chi connectivity index (χ2v) is 5.38. The Balaban J connectivity index is 2.07. The van der Waals surface area contributed by atoms with E-state index in [0.717, 1.165) is 19.4 Å². The SMILES string of the molecule is CC(=O)NC1CCCN(C(=O)c2cccnc2Br)C1. The van der Waals surface area contributed by atoms with Crippen LogP contribution in [0.2, 0.25) is 0 Å². The predicted octanol–water partition coefficient (Wildman–Crippen LogP) is 1.58. The van der Waals surface area contributed by atoms with E-state index in [2.05, 4.69) is 26.2 Å². The first-order chi connectivity index (χ1) is 9.08. The van der Waals surface area contributed by atoms with Crippen molar-refractivity contribution in [3.63, 3.8) is 0 Å². The summed E-state index contributed by atoms with van der Waals surface area (Å²) in [6, 6.07) is 3.54. The van der Waals surface area contributed by atoms with E-state index in [9.17, 15) is 9.59 Å². The molecule has 1 unspecified atom stereocenters. The van der Waals surface area contributed by atoms with Gasteiger partial charge in [-0.3, -0.25) is 9.59 Å². The Labute approximate surface area is 120 Å². The molecule has 102 valence electrons. The fraction of sp³-hybridized carbons (Fsp3) is 0.462. The molecule has 0 aromatic carbocycles. The zero-order valence-corrected chi connectivity index (χ0v) is 12.3. The maximum Gasteiger partial charge on any atom is 0.256 e. The predicted molar refractivity (Wildman–Crippen MR) is 74.7 cm³/mol. The highest BCUT2D eigenvalue weighted by Crippen LogP contribution is 2.18. The first-order valence-electron chi connectivity index (χ1n) is 6.25. The van der Waals surface area contributed by atoms with Crippen LogP contribution in [0.3, 0.4) is 0 Å². The van der Waals surface area contributed by atoms with Gasteiger partial charge in [0.2, 0.25) is 5.91 Å². The molecule has 1 N–H and O–H groups in total. The van der Waals surface area contributed by atoms with Gasteiger partial charge in [-0.1, -0.05) is 0 Å². The van der Waals surface area contributed by atoms with Crippen LogP contribution in [0.5, 0.6) is 0 Å². The Morgan fingerprint density at radius 2 is 2.32 bits per heavy atom. The van der Waals surface area contributed by atoms with Crippen LogP contribution in [-0.2, 0) is 4.79 Å². The average Bonchev–Trinajstić information content (AvgIpc) is 2.38. The molecule has 0 aliphatic carbocycles. The minimum atomic E-state index is -0.0538. The van der Waals surface area contributed by atoms with Crippen molar-refractivity contribution in [2.24, 2.45) is 0 Å². The Morgan fingerprint density at radius 1 is 1.53 bits per heavy atom. The van der Waals surface area contributed by atoms with Crippen molar-refractivity contribution < 1.29 is 9.59 Å². The van der Waals surface area contributed by atoms with Gasteiger partial charge in [0.1, 0.15) is 4.60 Å². The number of halogens is 1. The molecule has 1 atom stereocenters. The molecule has 2 heterocycles. The Hall–Kier alpha value is -1.43. The van der Waals surface area contributed by atoms with Gasteiger partial charge < -0.3 is 10.2 Å². The molecular weight excluding hydrogens is 310 g/mol. The number of pyridine rings is 1. The van der Waals surface area contributed by atoms with E-state index in [4.69, 9.17) is 0 Å². The van der Waals surface area contributed by atoms with Crippen LogP contribution in [0, 0.1) is 0 Å². The molecule has 1 aromatic heterocycles. The minimum Gasteiger partial charge on any atom is -0.352 e. The lowest BCUT2D eigenvalue weighted by molar-refractivity contribution is -0.120. The highest BCUT2D eigenvalue weighted by Gasteiger charge is 2.26. The normalized spacial score (nSPS) is 19.1. The fourth-order valence-electron chi connectivity index (χ4n) is 2.28. The number of aromatic nitrogens is 1. The Bertz CT molecular complexity index is 493. The maximum atomic E-state index is 12.4. The summed E-state index contributed by atoms with van der Waals surface area (Å²) in [5.74, 6) is -0.100. The lowest BCUT2D eigenvalue weighted by atomic mass is 10.0. The van der Waals surface area contributed by atoms with Crippen molar-refractivity contribution in [1.29, 1.82) is 0 Å². The second kappa shape index (κ2) is 6.14. The summed E-state index contributed by atoms with van der Waals surface area (Å²) in [6.45, 7) is 2.77. The summed E-state index contributed by atoms with van der Waals surface area (Å²) < 4.78 is 0.557. The number of hydrogen-bond acceptors (Lipinski definition) is 3. The molecule has 1 aromatic rings. The smallest absolute Gasteiger partial charge is 0.256 e. The molecule has 19 heavy (non-hydrogen) atoms. The Morgan fingerprint density at radius 3 is 3.00 bits per heavy atom. The van der Waals surface area contributed by atoms with E-state index in [-0.39, 0.29) is 17.9 Å². The standard InChI is InChI=1S/C13H16BrN3O2/c1-9(18)16-10-4-3-7-17(8-10)13(19)11-5-2-6-15-12(11)14/h2,5-6,10H,3-4,7-8H2,1H3,(H,16,18). The van der Waals surface area contributed by atoms with E-state index in [1.165, 1.54) is 6.92 Å². The molecule has 5 nitrogen and oxygen atoms in total. The quantitative estimate of drug-likeness (QED) is 0.840. The van der Waals surface area contributed by atoms with Gasteiger partial charge in [0, 0.05) is 32.3 Å². The van der Waals surface area contributed by atoms with Gasteiger partial charge in [0.05, 0.1) is 5.56 Å². The van der Waals surface area contributed by atoms with Crippen molar-refractivity contribution in [1.82, 2.24) is 15.2 Å².